The van der Waals surface area contributed by atoms with E-state index in [4.69, 9.17) is 5.11 Å². The van der Waals surface area contributed by atoms with Gasteiger partial charge in [0.15, 0.2) is 11.0 Å². The molecular formula is C15H24N6O2S. The van der Waals surface area contributed by atoms with E-state index in [2.05, 4.69) is 44.8 Å². The van der Waals surface area contributed by atoms with Crippen molar-refractivity contribution in [3.05, 3.63) is 16.9 Å². The Kier molecular flexibility index (Phi) is 6.80. The van der Waals surface area contributed by atoms with Crippen molar-refractivity contribution in [1.29, 1.82) is 0 Å². The minimum atomic E-state index is -0.154. The molecule has 132 valence electrons. The summed E-state index contributed by atoms with van der Waals surface area (Å²) in [7, 11) is 0. The Bertz CT molecular complexity index is 628. The van der Waals surface area contributed by atoms with E-state index in [1.165, 1.54) is 11.3 Å². The molecule has 0 saturated carbocycles. The predicted molar refractivity (Wildman–Crippen MR) is 91.9 cm³/mol. The van der Waals surface area contributed by atoms with Crippen molar-refractivity contribution >= 4 is 22.3 Å². The Morgan fingerprint density at radius 1 is 1.46 bits per heavy atom. The lowest BCUT2D eigenvalue weighted by atomic mass is 9.80. The summed E-state index contributed by atoms with van der Waals surface area (Å²) in [6.45, 7) is 6.35. The van der Waals surface area contributed by atoms with Gasteiger partial charge in [0.2, 0.25) is 0 Å². The number of thiazole rings is 1. The largest absolute Gasteiger partial charge is 0.395 e. The SMILES string of the molecule is CC(=O)[C@@H](CC(C)C)[C@H](Cc1cnc(NCCO)s1)c1nn[nH]n1. The molecule has 2 rings (SSSR count). The van der Waals surface area contributed by atoms with Gasteiger partial charge in [-0.05, 0) is 25.7 Å². The summed E-state index contributed by atoms with van der Waals surface area (Å²) >= 11 is 1.52. The van der Waals surface area contributed by atoms with E-state index in [1.807, 2.05) is 0 Å². The number of nitrogens with one attached hydrogen (secondary N) is 2. The molecule has 2 heterocycles. The Labute approximate surface area is 145 Å². The molecule has 9 heteroatoms. The molecule has 2 aromatic heterocycles. The molecule has 24 heavy (non-hydrogen) atoms. The van der Waals surface area contributed by atoms with Gasteiger partial charge in [-0.1, -0.05) is 19.1 Å². The Balaban J connectivity index is 2.20. The van der Waals surface area contributed by atoms with Crippen molar-refractivity contribution in [2.24, 2.45) is 11.8 Å². The van der Waals surface area contributed by atoms with Gasteiger partial charge >= 0.3 is 0 Å². The Morgan fingerprint density at radius 3 is 2.83 bits per heavy atom. The fourth-order valence-corrected chi connectivity index (χ4v) is 3.62. The number of aromatic amines is 1. The van der Waals surface area contributed by atoms with Crippen molar-refractivity contribution in [1.82, 2.24) is 25.6 Å². The average Bonchev–Trinajstić information content (AvgIpc) is 3.19. The third-order valence-corrected chi connectivity index (χ3v) is 4.77. The van der Waals surface area contributed by atoms with Gasteiger partial charge in [-0.3, -0.25) is 4.79 Å². The zero-order valence-corrected chi connectivity index (χ0v) is 15.0. The first-order valence-electron chi connectivity index (χ1n) is 8.04. The summed E-state index contributed by atoms with van der Waals surface area (Å²) in [5.74, 6) is 0.820. The molecule has 0 radical (unpaired) electrons. The zero-order chi connectivity index (χ0) is 17.5. The maximum atomic E-state index is 12.2. The summed E-state index contributed by atoms with van der Waals surface area (Å²) in [6, 6.07) is 0. The fraction of sp³-hybridized carbons (Fsp3) is 0.667. The molecular weight excluding hydrogens is 328 g/mol. The first-order chi connectivity index (χ1) is 11.5. The van der Waals surface area contributed by atoms with E-state index in [0.717, 1.165) is 16.4 Å². The lowest BCUT2D eigenvalue weighted by molar-refractivity contribution is -0.122. The summed E-state index contributed by atoms with van der Waals surface area (Å²) in [4.78, 5) is 17.6. The van der Waals surface area contributed by atoms with E-state index in [0.29, 0.717) is 24.7 Å². The van der Waals surface area contributed by atoms with Crippen molar-refractivity contribution in [3.8, 4) is 0 Å². The first-order valence-corrected chi connectivity index (χ1v) is 8.86. The van der Waals surface area contributed by atoms with E-state index >= 15 is 0 Å². The van der Waals surface area contributed by atoms with Crippen LogP contribution < -0.4 is 5.32 Å². The van der Waals surface area contributed by atoms with Crippen LogP contribution in [0.4, 0.5) is 5.13 Å². The van der Waals surface area contributed by atoms with Crippen LogP contribution in [0.3, 0.4) is 0 Å². The van der Waals surface area contributed by atoms with Gasteiger partial charge in [0.05, 0.1) is 6.61 Å². The number of carbonyl (C=O) groups is 1. The van der Waals surface area contributed by atoms with E-state index in [9.17, 15) is 4.79 Å². The van der Waals surface area contributed by atoms with Crippen LogP contribution in [0.1, 0.15) is 43.8 Å². The lowest BCUT2D eigenvalue weighted by Gasteiger charge is -2.23. The number of ketones is 1. The molecule has 0 fully saturated rings. The Morgan fingerprint density at radius 2 is 2.25 bits per heavy atom. The van der Waals surface area contributed by atoms with E-state index in [-0.39, 0.29) is 24.2 Å². The van der Waals surface area contributed by atoms with E-state index in [1.54, 1.807) is 13.1 Å². The number of hydrogen-bond donors (Lipinski definition) is 3. The molecule has 2 atom stereocenters. The van der Waals surface area contributed by atoms with Crippen molar-refractivity contribution in [2.75, 3.05) is 18.5 Å². The second-order valence-electron chi connectivity index (χ2n) is 6.21. The molecule has 0 aliphatic rings. The van der Waals surface area contributed by atoms with Gasteiger partial charge in [-0.15, -0.1) is 21.5 Å². The highest BCUT2D eigenvalue weighted by Gasteiger charge is 2.31. The van der Waals surface area contributed by atoms with Crippen LogP contribution in [0.25, 0.3) is 0 Å². The van der Waals surface area contributed by atoms with E-state index < -0.39 is 0 Å². The highest BCUT2D eigenvalue weighted by molar-refractivity contribution is 7.15. The van der Waals surface area contributed by atoms with Gasteiger partial charge in [0.25, 0.3) is 0 Å². The van der Waals surface area contributed by atoms with Crippen LogP contribution in [0, 0.1) is 11.8 Å². The number of aromatic nitrogens is 5. The molecule has 0 amide bonds. The molecule has 0 aromatic carbocycles. The number of aliphatic hydroxyl groups is 1. The zero-order valence-electron chi connectivity index (χ0n) is 14.2. The summed E-state index contributed by atoms with van der Waals surface area (Å²) in [5, 5.41) is 27.0. The third-order valence-electron chi connectivity index (χ3n) is 3.79. The quantitative estimate of drug-likeness (QED) is 0.595. The standard InChI is InChI=1S/C15H24N6O2S/c1-9(2)6-12(10(3)23)13(14-18-20-21-19-14)7-11-8-17-15(24-11)16-4-5-22/h8-9,12-13,22H,4-7H2,1-3H3,(H,16,17)(H,18,19,20,21)/t12-,13+/m1/s1. The number of nitrogens with zero attached hydrogens (tertiary/aromatic N) is 4. The van der Waals surface area contributed by atoms with Crippen molar-refractivity contribution in [3.63, 3.8) is 0 Å². The molecule has 0 bridgehead atoms. The average molecular weight is 352 g/mol. The predicted octanol–water partition coefficient (Wildman–Crippen LogP) is 1.64. The van der Waals surface area contributed by atoms with Gasteiger partial charge in [-0.2, -0.15) is 5.21 Å². The van der Waals surface area contributed by atoms with Crippen LogP contribution >= 0.6 is 11.3 Å². The number of rotatable bonds is 10. The van der Waals surface area contributed by atoms with Gasteiger partial charge < -0.3 is 10.4 Å². The normalized spacial score (nSPS) is 13.9. The van der Waals surface area contributed by atoms with Crippen LogP contribution in [0.15, 0.2) is 6.20 Å². The molecule has 0 saturated heterocycles. The number of H-pyrrole nitrogens is 1. The lowest BCUT2D eigenvalue weighted by Crippen LogP contribution is -2.24. The summed E-state index contributed by atoms with van der Waals surface area (Å²) < 4.78 is 0. The molecule has 2 aromatic rings. The molecule has 0 aliphatic carbocycles. The molecule has 0 aliphatic heterocycles. The number of tetrazole rings is 1. The molecule has 0 spiro atoms. The minimum absolute atomic E-state index is 0.0567. The first kappa shape index (κ1) is 18.5. The summed E-state index contributed by atoms with van der Waals surface area (Å²) in [6.07, 6.45) is 3.21. The van der Waals surface area contributed by atoms with Crippen LogP contribution in [-0.4, -0.2) is 49.6 Å². The minimum Gasteiger partial charge on any atom is -0.395 e. The van der Waals surface area contributed by atoms with Crippen molar-refractivity contribution < 1.29 is 9.90 Å². The number of anilines is 1. The number of carbonyl (C=O) groups excluding carboxylic acids is 1. The van der Waals surface area contributed by atoms with Gasteiger partial charge in [0.1, 0.15) is 5.78 Å². The maximum Gasteiger partial charge on any atom is 0.182 e. The second kappa shape index (κ2) is 8.84. The van der Waals surface area contributed by atoms with Crippen LogP contribution in [-0.2, 0) is 11.2 Å². The number of Topliss-reactive ketones (excluding diaryl/α,β-unsaturated/α-hetero) is 1. The number of aliphatic hydroxyl groups excluding tert-OH is 1. The maximum absolute atomic E-state index is 12.2. The molecule has 8 nitrogen and oxygen atoms in total. The van der Waals surface area contributed by atoms with Gasteiger partial charge in [0, 0.05) is 29.5 Å². The van der Waals surface area contributed by atoms with Crippen LogP contribution in [0.5, 0.6) is 0 Å². The van der Waals surface area contributed by atoms with Crippen LogP contribution in [0.2, 0.25) is 0 Å². The highest BCUT2D eigenvalue weighted by atomic mass is 32.1. The van der Waals surface area contributed by atoms with Gasteiger partial charge in [-0.25, -0.2) is 4.98 Å². The fourth-order valence-electron chi connectivity index (χ4n) is 2.72. The molecule has 3 N–H and O–H groups in total. The highest BCUT2D eigenvalue weighted by Crippen LogP contribution is 2.33. The van der Waals surface area contributed by atoms with Crippen molar-refractivity contribution in [2.45, 2.75) is 39.5 Å². The third kappa shape index (κ3) is 5.07. The summed E-state index contributed by atoms with van der Waals surface area (Å²) in [5.41, 5.74) is 0. The second-order valence-corrected chi connectivity index (χ2v) is 7.32. The molecule has 0 unspecified atom stereocenters. The number of hydrogen-bond acceptors (Lipinski definition) is 8. The smallest absolute Gasteiger partial charge is 0.182 e. The topological polar surface area (TPSA) is 117 Å². The Hall–Kier alpha value is -1.87. The monoisotopic (exact) mass is 352 g/mol.